The number of primary sulfonamides is 1. The number of amides is 2. The molecule has 1 aliphatic heterocycles. The summed E-state index contributed by atoms with van der Waals surface area (Å²) in [4.78, 5) is 12.7. The predicted octanol–water partition coefficient (Wildman–Crippen LogP) is 0.968. The molecule has 0 aliphatic carbocycles. The molecule has 1 aromatic carbocycles. The maximum atomic E-state index is 12.1. The Hall–Kier alpha value is -1.81. The monoisotopic (exact) mass is 323 g/mol. The Kier molecular flexibility index (Phi) is 3.85. The summed E-state index contributed by atoms with van der Waals surface area (Å²) in [7, 11) is -3.86. The number of halogens is 3. The molecule has 1 aliphatic rings. The van der Waals surface area contributed by atoms with E-state index in [9.17, 15) is 26.4 Å². The van der Waals surface area contributed by atoms with E-state index in [2.05, 4.69) is 0 Å². The van der Waals surface area contributed by atoms with Crippen molar-refractivity contribution in [3.05, 3.63) is 23.8 Å². The molecule has 2 rings (SSSR count). The van der Waals surface area contributed by atoms with Crippen molar-refractivity contribution < 1.29 is 26.4 Å². The molecular weight excluding hydrogens is 311 g/mol. The second-order valence-electron chi connectivity index (χ2n) is 4.51. The highest BCUT2D eigenvalue weighted by atomic mass is 32.2. The van der Waals surface area contributed by atoms with Gasteiger partial charge in [0.1, 0.15) is 6.54 Å². The van der Waals surface area contributed by atoms with Gasteiger partial charge in [-0.05, 0) is 30.2 Å². The molecule has 1 heterocycles. The number of nitrogens with one attached hydrogen (secondary N) is 1. The van der Waals surface area contributed by atoms with Crippen LogP contribution in [0.2, 0.25) is 0 Å². The average Bonchev–Trinajstić information content (AvgIpc) is 2.76. The Bertz CT molecular complexity index is 673. The fourth-order valence-corrected chi connectivity index (χ4v) is 2.60. The number of nitrogens with two attached hydrogens (primary N) is 1. The second kappa shape index (κ2) is 5.19. The Morgan fingerprint density at radius 2 is 2.05 bits per heavy atom. The number of benzene rings is 1. The zero-order chi connectivity index (χ0) is 15.8. The quantitative estimate of drug-likeness (QED) is 0.849. The smallest absolute Gasteiger partial charge is 0.329 e. The number of sulfonamides is 1. The highest BCUT2D eigenvalue weighted by molar-refractivity contribution is 7.89. The topological polar surface area (TPSA) is 92.5 Å². The Labute approximate surface area is 118 Å². The zero-order valence-corrected chi connectivity index (χ0v) is 11.5. The summed E-state index contributed by atoms with van der Waals surface area (Å²) in [5, 5.41) is 6.76. The summed E-state index contributed by atoms with van der Waals surface area (Å²) < 4.78 is 58.6. The third-order valence-electron chi connectivity index (χ3n) is 2.96. The third-order valence-corrected chi connectivity index (χ3v) is 3.87. The van der Waals surface area contributed by atoms with Gasteiger partial charge in [-0.3, -0.25) is 4.90 Å². The number of anilines is 1. The van der Waals surface area contributed by atoms with Crippen LogP contribution in [0, 0.1) is 0 Å². The first-order valence-electron chi connectivity index (χ1n) is 5.86. The standard InChI is InChI=1S/C11H12F3N3O3S/c12-11(13,14)6-16-10(18)17-4-3-7-5-8(21(15,19)20)1-2-9(7)17/h1-2,5H,3-4,6H2,(H,16,18)(H2,15,19,20). The first kappa shape index (κ1) is 15.6. The molecule has 0 saturated heterocycles. The van der Waals surface area contributed by atoms with Crippen molar-refractivity contribution in [3.8, 4) is 0 Å². The molecule has 0 unspecified atom stereocenters. The van der Waals surface area contributed by atoms with Crippen LogP contribution in [-0.2, 0) is 16.4 Å². The maximum Gasteiger partial charge on any atom is 0.405 e. The van der Waals surface area contributed by atoms with E-state index in [1.165, 1.54) is 18.2 Å². The normalized spacial score (nSPS) is 15.0. The van der Waals surface area contributed by atoms with Crippen LogP contribution in [0.4, 0.5) is 23.7 Å². The van der Waals surface area contributed by atoms with Crippen molar-refractivity contribution in [2.45, 2.75) is 17.5 Å². The van der Waals surface area contributed by atoms with Crippen molar-refractivity contribution in [2.75, 3.05) is 18.0 Å². The predicted molar refractivity (Wildman–Crippen MR) is 68.3 cm³/mol. The zero-order valence-electron chi connectivity index (χ0n) is 10.6. The lowest BCUT2D eigenvalue weighted by atomic mass is 10.2. The van der Waals surface area contributed by atoms with Gasteiger partial charge in [0.15, 0.2) is 0 Å². The van der Waals surface area contributed by atoms with E-state index >= 15 is 0 Å². The van der Waals surface area contributed by atoms with Crippen molar-refractivity contribution in [3.63, 3.8) is 0 Å². The van der Waals surface area contributed by atoms with E-state index in [0.717, 1.165) is 4.90 Å². The number of hydrogen-bond donors (Lipinski definition) is 2. The first-order chi connectivity index (χ1) is 9.58. The number of carbonyl (C=O) groups is 1. The van der Waals surface area contributed by atoms with Crippen molar-refractivity contribution >= 4 is 21.7 Å². The van der Waals surface area contributed by atoms with Crippen LogP contribution in [0.15, 0.2) is 23.1 Å². The van der Waals surface area contributed by atoms with Crippen LogP contribution in [0.3, 0.4) is 0 Å². The fourth-order valence-electron chi connectivity index (χ4n) is 2.04. The summed E-state index contributed by atoms with van der Waals surface area (Å²) in [6.07, 6.45) is -4.15. The van der Waals surface area contributed by atoms with Gasteiger partial charge in [0.2, 0.25) is 10.0 Å². The number of hydrogen-bond acceptors (Lipinski definition) is 3. The van der Waals surface area contributed by atoms with Gasteiger partial charge in [-0.15, -0.1) is 0 Å². The lowest BCUT2D eigenvalue weighted by Gasteiger charge is -2.19. The van der Waals surface area contributed by atoms with Crippen molar-refractivity contribution in [1.82, 2.24) is 5.32 Å². The van der Waals surface area contributed by atoms with Crippen LogP contribution in [0.5, 0.6) is 0 Å². The lowest BCUT2D eigenvalue weighted by Crippen LogP contribution is -2.43. The minimum Gasteiger partial charge on any atom is -0.329 e. The third kappa shape index (κ3) is 3.64. The van der Waals surface area contributed by atoms with Gasteiger partial charge in [-0.1, -0.05) is 0 Å². The molecule has 6 nitrogen and oxygen atoms in total. The largest absolute Gasteiger partial charge is 0.405 e. The lowest BCUT2D eigenvalue weighted by molar-refractivity contribution is -0.122. The Balaban J connectivity index is 2.17. The van der Waals surface area contributed by atoms with Gasteiger partial charge in [0.25, 0.3) is 0 Å². The van der Waals surface area contributed by atoms with Gasteiger partial charge in [0, 0.05) is 12.2 Å². The molecule has 0 spiro atoms. The number of alkyl halides is 3. The molecule has 0 atom stereocenters. The van der Waals surface area contributed by atoms with Gasteiger partial charge < -0.3 is 5.32 Å². The van der Waals surface area contributed by atoms with Crippen LogP contribution in [0.1, 0.15) is 5.56 Å². The summed E-state index contributed by atoms with van der Waals surface area (Å²) in [5.41, 5.74) is 0.922. The van der Waals surface area contributed by atoms with E-state index in [0.29, 0.717) is 17.7 Å². The molecular formula is C11H12F3N3O3S. The SMILES string of the molecule is NS(=O)(=O)c1ccc2c(c1)CCN2C(=O)NCC(F)(F)F. The molecule has 10 heteroatoms. The molecule has 0 saturated carbocycles. The molecule has 1 aromatic rings. The summed E-state index contributed by atoms with van der Waals surface area (Å²) >= 11 is 0. The maximum absolute atomic E-state index is 12.1. The molecule has 2 amide bonds. The van der Waals surface area contributed by atoms with Gasteiger partial charge >= 0.3 is 12.2 Å². The Morgan fingerprint density at radius 1 is 1.38 bits per heavy atom. The first-order valence-corrected chi connectivity index (χ1v) is 7.40. The van der Waals surface area contributed by atoms with Gasteiger partial charge in [0.05, 0.1) is 4.90 Å². The fraction of sp³-hybridized carbons (Fsp3) is 0.364. The van der Waals surface area contributed by atoms with E-state index < -0.39 is 28.8 Å². The molecule has 0 aromatic heterocycles. The molecule has 0 fully saturated rings. The van der Waals surface area contributed by atoms with Crippen LogP contribution in [0.25, 0.3) is 0 Å². The van der Waals surface area contributed by atoms with Crippen LogP contribution >= 0.6 is 0 Å². The average molecular weight is 323 g/mol. The summed E-state index contributed by atoms with van der Waals surface area (Å²) in [6, 6.07) is 3.01. The molecule has 0 bridgehead atoms. The molecule has 3 N–H and O–H groups in total. The van der Waals surface area contributed by atoms with E-state index in [4.69, 9.17) is 5.14 Å². The second-order valence-corrected chi connectivity index (χ2v) is 6.07. The minimum atomic E-state index is -4.49. The minimum absolute atomic E-state index is 0.0983. The van der Waals surface area contributed by atoms with Gasteiger partial charge in [-0.25, -0.2) is 18.4 Å². The number of urea groups is 1. The number of fused-ring (bicyclic) bond motifs is 1. The highest BCUT2D eigenvalue weighted by Gasteiger charge is 2.31. The van der Waals surface area contributed by atoms with Crippen LogP contribution in [-0.4, -0.2) is 33.7 Å². The molecule has 0 radical (unpaired) electrons. The number of nitrogens with zero attached hydrogens (tertiary/aromatic N) is 1. The van der Waals surface area contributed by atoms with Crippen LogP contribution < -0.4 is 15.4 Å². The Morgan fingerprint density at radius 3 is 2.62 bits per heavy atom. The highest BCUT2D eigenvalue weighted by Crippen LogP contribution is 2.30. The summed E-state index contributed by atoms with van der Waals surface area (Å²) in [5.74, 6) is 0. The van der Waals surface area contributed by atoms with Crippen molar-refractivity contribution in [1.29, 1.82) is 0 Å². The number of carbonyl (C=O) groups excluding carboxylic acids is 1. The number of rotatable bonds is 2. The summed E-state index contributed by atoms with van der Waals surface area (Å²) in [6.45, 7) is -1.25. The van der Waals surface area contributed by atoms with E-state index in [1.807, 2.05) is 0 Å². The molecule has 116 valence electrons. The van der Waals surface area contributed by atoms with Gasteiger partial charge in [-0.2, -0.15) is 13.2 Å². The van der Waals surface area contributed by atoms with E-state index in [-0.39, 0.29) is 11.4 Å². The molecule has 21 heavy (non-hydrogen) atoms. The van der Waals surface area contributed by atoms with Crippen molar-refractivity contribution in [2.24, 2.45) is 5.14 Å². The van der Waals surface area contributed by atoms with E-state index in [1.54, 1.807) is 5.32 Å².